The van der Waals surface area contributed by atoms with Crippen molar-refractivity contribution < 1.29 is 9.21 Å². The summed E-state index contributed by atoms with van der Waals surface area (Å²) in [5.74, 6) is 2.92. The van der Waals surface area contributed by atoms with Crippen LogP contribution in [0.4, 0.5) is 0 Å². The van der Waals surface area contributed by atoms with Crippen molar-refractivity contribution in [3.05, 3.63) is 23.2 Å². The van der Waals surface area contributed by atoms with Gasteiger partial charge in [-0.05, 0) is 38.7 Å². The quantitative estimate of drug-likeness (QED) is 0.873. The zero-order valence-corrected chi connectivity index (χ0v) is 14.3. The van der Waals surface area contributed by atoms with Gasteiger partial charge in [0, 0.05) is 18.0 Å². The lowest BCUT2D eigenvalue weighted by molar-refractivity contribution is -0.126. The number of aryl methyl sites for hydroxylation is 2. The lowest BCUT2D eigenvalue weighted by Gasteiger charge is -2.25. The Balaban J connectivity index is 0.000000677. The second kappa shape index (κ2) is 8.91. The number of hydrogen-bond acceptors (Lipinski definition) is 2. The number of furan rings is 1. The summed E-state index contributed by atoms with van der Waals surface area (Å²) in [5, 5.41) is 3.04. The maximum Gasteiger partial charge on any atom is 0.223 e. The molecular formula is C18H31NO2. The molecule has 1 aliphatic rings. The lowest BCUT2D eigenvalue weighted by Crippen LogP contribution is -2.33. The smallest absolute Gasteiger partial charge is 0.223 e. The monoisotopic (exact) mass is 293 g/mol. The molecule has 1 heterocycles. The minimum Gasteiger partial charge on any atom is -0.466 e. The van der Waals surface area contributed by atoms with Gasteiger partial charge in [-0.3, -0.25) is 4.79 Å². The summed E-state index contributed by atoms with van der Waals surface area (Å²) < 4.78 is 5.46. The fraction of sp³-hybridized carbons (Fsp3) is 0.722. The second-order valence-electron chi connectivity index (χ2n) is 6.33. The van der Waals surface area contributed by atoms with Crippen LogP contribution >= 0.6 is 0 Å². The van der Waals surface area contributed by atoms with Crippen molar-refractivity contribution in [1.82, 2.24) is 5.32 Å². The summed E-state index contributed by atoms with van der Waals surface area (Å²) in [6, 6.07) is 2.00. The van der Waals surface area contributed by atoms with Gasteiger partial charge in [-0.15, -0.1) is 0 Å². The van der Waals surface area contributed by atoms with Gasteiger partial charge < -0.3 is 9.73 Å². The maximum absolute atomic E-state index is 12.1. The van der Waals surface area contributed by atoms with Gasteiger partial charge in [0.15, 0.2) is 0 Å². The van der Waals surface area contributed by atoms with Crippen molar-refractivity contribution in [3.63, 3.8) is 0 Å². The molecule has 3 heteroatoms. The molecule has 0 unspecified atom stereocenters. The van der Waals surface area contributed by atoms with Crippen LogP contribution in [0.15, 0.2) is 10.5 Å². The predicted octanol–water partition coefficient (Wildman–Crippen LogP) is 4.76. The van der Waals surface area contributed by atoms with Crippen LogP contribution in [0.5, 0.6) is 0 Å². The molecule has 1 saturated carbocycles. The molecule has 0 aliphatic heterocycles. The third kappa shape index (κ3) is 5.94. The minimum atomic E-state index is 0.208. The van der Waals surface area contributed by atoms with Gasteiger partial charge in [0.25, 0.3) is 0 Å². The molecule has 0 aromatic carbocycles. The third-order valence-corrected chi connectivity index (χ3v) is 3.90. The van der Waals surface area contributed by atoms with Crippen LogP contribution in [0.2, 0.25) is 0 Å². The summed E-state index contributed by atoms with van der Waals surface area (Å²) >= 11 is 0. The molecule has 1 aromatic rings. The number of amides is 1. The van der Waals surface area contributed by atoms with Crippen LogP contribution < -0.4 is 5.32 Å². The zero-order chi connectivity index (χ0) is 15.8. The fourth-order valence-electron chi connectivity index (χ4n) is 2.86. The van der Waals surface area contributed by atoms with E-state index in [1.807, 2.05) is 19.9 Å². The van der Waals surface area contributed by atoms with E-state index in [-0.39, 0.29) is 11.8 Å². The molecule has 0 saturated heterocycles. The van der Waals surface area contributed by atoms with E-state index in [0.717, 1.165) is 29.9 Å². The molecule has 1 N–H and O–H groups in total. The molecule has 21 heavy (non-hydrogen) atoms. The van der Waals surface area contributed by atoms with Gasteiger partial charge in [0.05, 0.1) is 0 Å². The Kier molecular flexibility index (Phi) is 7.55. The summed E-state index contributed by atoms with van der Waals surface area (Å²) in [6.45, 7) is 11.0. The lowest BCUT2D eigenvalue weighted by atomic mass is 9.82. The first-order valence-electron chi connectivity index (χ1n) is 8.31. The second-order valence-corrected chi connectivity index (χ2v) is 6.33. The number of nitrogens with one attached hydrogen (secondary N) is 1. The Morgan fingerprint density at radius 1 is 1.33 bits per heavy atom. The molecule has 120 valence electrons. The molecule has 1 aliphatic carbocycles. The van der Waals surface area contributed by atoms with Crippen molar-refractivity contribution in [1.29, 1.82) is 0 Å². The van der Waals surface area contributed by atoms with E-state index in [1.54, 1.807) is 0 Å². The highest BCUT2D eigenvalue weighted by atomic mass is 16.3. The fourth-order valence-corrected chi connectivity index (χ4v) is 2.86. The van der Waals surface area contributed by atoms with Crippen molar-refractivity contribution in [2.45, 2.75) is 73.3 Å². The van der Waals surface area contributed by atoms with E-state index in [4.69, 9.17) is 4.42 Å². The largest absolute Gasteiger partial charge is 0.466 e. The Morgan fingerprint density at radius 3 is 2.52 bits per heavy atom. The Hall–Kier alpha value is -1.25. The molecule has 3 nitrogen and oxygen atoms in total. The highest BCUT2D eigenvalue weighted by Gasteiger charge is 2.24. The van der Waals surface area contributed by atoms with Crippen molar-refractivity contribution in [3.8, 4) is 0 Å². The molecule has 0 radical (unpaired) electrons. The van der Waals surface area contributed by atoms with Crippen molar-refractivity contribution >= 4 is 5.91 Å². The van der Waals surface area contributed by atoms with E-state index in [9.17, 15) is 4.79 Å². The van der Waals surface area contributed by atoms with E-state index in [0.29, 0.717) is 12.5 Å². The molecule has 2 atom stereocenters. The van der Waals surface area contributed by atoms with Crippen LogP contribution in [-0.4, -0.2) is 5.91 Å². The van der Waals surface area contributed by atoms with E-state index in [2.05, 4.69) is 26.1 Å². The standard InChI is InChI=1S/C15H23NO2.C3H8/c1-10-5-4-6-13(7-10)15(17)16-9-14-8-11(2)18-12(14)3;1-3-2/h8,10,13H,4-7,9H2,1-3H3,(H,16,17);3H2,1-2H3/t10-,13+;/m1./s1. The van der Waals surface area contributed by atoms with Crippen LogP contribution in [0.1, 0.15) is 70.0 Å². The predicted molar refractivity (Wildman–Crippen MR) is 87.1 cm³/mol. The summed E-state index contributed by atoms with van der Waals surface area (Å²) in [5.41, 5.74) is 1.09. The normalized spacial score (nSPS) is 21.4. The molecule has 0 bridgehead atoms. The van der Waals surface area contributed by atoms with Crippen LogP contribution in [-0.2, 0) is 11.3 Å². The van der Waals surface area contributed by atoms with E-state index >= 15 is 0 Å². The van der Waals surface area contributed by atoms with Gasteiger partial charge in [0.2, 0.25) is 5.91 Å². The summed E-state index contributed by atoms with van der Waals surface area (Å²) in [4.78, 5) is 12.1. The zero-order valence-electron chi connectivity index (χ0n) is 14.3. The van der Waals surface area contributed by atoms with Gasteiger partial charge in [0.1, 0.15) is 11.5 Å². The molecular weight excluding hydrogens is 262 g/mol. The van der Waals surface area contributed by atoms with Crippen molar-refractivity contribution in [2.75, 3.05) is 0 Å². The van der Waals surface area contributed by atoms with Crippen molar-refractivity contribution in [2.24, 2.45) is 11.8 Å². The van der Waals surface area contributed by atoms with Gasteiger partial charge >= 0.3 is 0 Å². The summed E-state index contributed by atoms with van der Waals surface area (Å²) in [7, 11) is 0. The average molecular weight is 293 g/mol. The Labute approximate surface area is 129 Å². The molecule has 0 spiro atoms. The van der Waals surface area contributed by atoms with Gasteiger partial charge in [-0.2, -0.15) is 0 Å². The molecule has 2 rings (SSSR count). The Morgan fingerprint density at radius 2 is 2.00 bits per heavy atom. The number of carbonyl (C=O) groups is 1. The van der Waals surface area contributed by atoms with Gasteiger partial charge in [-0.25, -0.2) is 0 Å². The maximum atomic E-state index is 12.1. The van der Waals surface area contributed by atoms with Crippen LogP contribution in [0.3, 0.4) is 0 Å². The van der Waals surface area contributed by atoms with Gasteiger partial charge in [-0.1, -0.05) is 40.0 Å². The first-order chi connectivity index (χ1) is 9.97. The van der Waals surface area contributed by atoms with E-state index in [1.165, 1.54) is 19.3 Å². The third-order valence-electron chi connectivity index (χ3n) is 3.90. The van der Waals surface area contributed by atoms with Crippen LogP contribution in [0, 0.1) is 25.7 Å². The summed E-state index contributed by atoms with van der Waals surface area (Å²) in [6.07, 6.45) is 5.78. The molecule has 1 amide bonds. The first-order valence-corrected chi connectivity index (χ1v) is 8.31. The highest BCUT2D eigenvalue weighted by molar-refractivity contribution is 5.78. The van der Waals surface area contributed by atoms with Crippen LogP contribution in [0.25, 0.3) is 0 Å². The number of hydrogen-bond donors (Lipinski definition) is 1. The number of carbonyl (C=O) groups excluding carboxylic acids is 1. The average Bonchev–Trinajstić information content (AvgIpc) is 2.75. The molecule has 1 fully saturated rings. The Bertz CT molecular complexity index is 436. The number of rotatable bonds is 3. The molecule has 1 aromatic heterocycles. The SMILES string of the molecule is CCC.Cc1cc(CNC(=O)[C@H]2CCC[C@@H](C)C2)c(C)o1. The highest BCUT2D eigenvalue weighted by Crippen LogP contribution is 2.28. The first kappa shape index (κ1) is 17.8. The minimum absolute atomic E-state index is 0.208. The van der Waals surface area contributed by atoms with E-state index < -0.39 is 0 Å². The topological polar surface area (TPSA) is 42.2 Å².